The predicted molar refractivity (Wildman–Crippen MR) is 155 cm³/mol. The molecule has 11 atom stereocenters. The monoisotopic (exact) mass is 525 g/mol. The number of rotatable bonds is 3. The molecule has 3 nitrogen and oxygen atoms in total. The minimum Gasteiger partial charge on any atom is -0.381 e. The normalized spacial score (nSPS) is 48.6. The quantitative estimate of drug-likeness (QED) is 0.371. The van der Waals surface area contributed by atoms with Gasteiger partial charge in [0.15, 0.2) is 0 Å². The average Bonchev–Trinajstić information content (AvgIpc) is 3.34. The SMILES string of the molecule is CC1C2CCCCC2C(N(C2CCCCC2)C2CCCC3CCC4COCCCC4C3C2)C2COCCC12. The molecule has 5 saturated carbocycles. The van der Waals surface area contributed by atoms with Crippen molar-refractivity contribution in [1.82, 2.24) is 4.90 Å². The highest BCUT2D eigenvalue weighted by atomic mass is 16.5. The van der Waals surface area contributed by atoms with E-state index in [4.69, 9.17) is 9.47 Å². The molecule has 5 aliphatic carbocycles. The molecule has 7 fully saturated rings. The van der Waals surface area contributed by atoms with Crippen molar-refractivity contribution in [3.05, 3.63) is 0 Å². The van der Waals surface area contributed by atoms with E-state index >= 15 is 0 Å². The van der Waals surface area contributed by atoms with Gasteiger partial charge in [-0.1, -0.05) is 51.9 Å². The molecule has 0 aromatic heterocycles. The second kappa shape index (κ2) is 12.0. The minimum atomic E-state index is 0.796. The second-order valence-electron chi connectivity index (χ2n) is 15.4. The molecule has 3 heteroatoms. The molecule has 2 heterocycles. The van der Waals surface area contributed by atoms with Gasteiger partial charge in [-0.05, 0) is 118 Å². The number of hydrogen-bond donors (Lipinski definition) is 0. The lowest BCUT2D eigenvalue weighted by molar-refractivity contribution is -0.145. The van der Waals surface area contributed by atoms with Crippen molar-refractivity contribution in [1.29, 1.82) is 0 Å². The maximum absolute atomic E-state index is 6.38. The lowest BCUT2D eigenvalue weighted by Crippen LogP contribution is -2.64. The van der Waals surface area contributed by atoms with E-state index in [9.17, 15) is 0 Å². The summed E-state index contributed by atoms with van der Waals surface area (Å²) < 4.78 is 12.5. The van der Waals surface area contributed by atoms with Crippen molar-refractivity contribution >= 4 is 0 Å². The molecule has 0 amide bonds. The maximum atomic E-state index is 6.38. The Bertz CT molecular complexity index is 741. The lowest BCUT2D eigenvalue weighted by atomic mass is 9.54. The first kappa shape index (κ1) is 26.8. The van der Waals surface area contributed by atoms with Gasteiger partial charge in [-0.3, -0.25) is 4.90 Å². The molecule has 216 valence electrons. The van der Waals surface area contributed by atoms with Gasteiger partial charge in [0.2, 0.25) is 0 Å². The zero-order valence-electron chi connectivity index (χ0n) is 24.7. The summed E-state index contributed by atoms with van der Waals surface area (Å²) in [5.74, 6) is 8.33. The second-order valence-corrected chi connectivity index (χ2v) is 15.4. The zero-order valence-corrected chi connectivity index (χ0v) is 24.7. The highest BCUT2D eigenvalue weighted by molar-refractivity contribution is 5.06. The Morgan fingerprint density at radius 3 is 2.08 bits per heavy atom. The molecular formula is C35H59NO2. The van der Waals surface area contributed by atoms with Crippen LogP contribution >= 0.6 is 0 Å². The van der Waals surface area contributed by atoms with Crippen LogP contribution in [0.3, 0.4) is 0 Å². The van der Waals surface area contributed by atoms with E-state index in [1.807, 2.05) is 0 Å². The van der Waals surface area contributed by atoms with Crippen molar-refractivity contribution < 1.29 is 9.47 Å². The third-order valence-electron chi connectivity index (χ3n) is 13.8. The van der Waals surface area contributed by atoms with Gasteiger partial charge in [0.25, 0.3) is 0 Å². The van der Waals surface area contributed by atoms with Crippen molar-refractivity contribution in [2.75, 3.05) is 26.4 Å². The van der Waals surface area contributed by atoms with Crippen LogP contribution in [0.5, 0.6) is 0 Å². The standard InChI is InChI=1S/C35H59NO2/c1-24-29-13-5-6-14-32(29)35(34-23-38-20-18-30(24)34)36(27-10-3-2-4-11-27)28-12-7-9-25-16-17-26-22-37-19-8-15-31(26)33(25)21-28/h24-35H,2-23H2,1H3. The van der Waals surface area contributed by atoms with Crippen LogP contribution in [0.25, 0.3) is 0 Å². The number of nitrogens with zero attached hydrogens (tertiary/aromatic N) is 1. The fourth-order valence-corrected chi connectivity index (χ4v) is 12.2. The smallest absolute Gasteiger partial charge is 0.0512 e. The van der Waals surface area contributed by atoms with E-state index in [1.165, 1.54) is 116 Å². The van der Waals surface area contributed by atoms with Gasteiger partial charge in [0, 0.05) is 43.9 Å². The third kappa shape index (κ3) is 5.06. The molecule has 2 saturated heterocycles. The first-order chi connectivity index (χ1) is 18.8. The largest absolute Gasteiger partial charge is 0.381 e. The molecule has 7 rings (SSSR count). The van der Waals surface area contributed by atoms with Crippen molar-refractivity contribution in [3.8, 4) is 0 Å². The van der Waals surface area contributed by atoms with Gasteiger partial charge >= 0.3 is 0 Å². The molecule has 11 unspecified atom stereocenters. The van der Waals surface area contributed by atoms with Crippen LogP contribution in [0, 0.1) is 53.3 Å². The van der Waals surface area contributed by atoms with Gasteiger partial charge in [-0.25, -0.2) is 0 Å². The summed E-state index contributed by atoms with van der Waals surface area (Å²) in [6.07, 6.45) is 26.5. The highest BCUT2D eigenvalue weighted by Crippen LogP contribution is 2.55. The topological polar surface area (TPSA) is 21.7 Å². The number of ether oxygens (including phenoxy) is 2. The Labute approximate surface area is 234 Å². The summed E-state index contributed by atoms with van der Waals surface area (Å²) in [6.45, 7) is 6.84. The van der Waals surface area contributed by atoms with Gasteiger partial charge in [-0.2, -0.15) is 0 Å². The molecular weight excluding hydrogens is 466 g/mol. The summed E-state index contributed by atoms with van der Waals surface area (Å²) in [5.41, 5.74) is 0. The lowest BCUT2D eigenvalue weighted by Gasteiger charge is -2.60. The molecule has 7 aliphatic rings. The molecule has 0 aromatic carbocycles. The minimum absolute atomic E-state index is 0.796. The third-order valence-corrected chi connectivity index (χ3v) is 13.8. The highest BCUT2D eigenvalue weighted by Gasteiger charge is 2.54. The summed E-state index contributed by atoms with van der Waals surface area (Å²) in [5, 5.41) is 0. The van der Waals surface area contributed by atoms with Crippen LogP contribution in [0.15, 0.2) is 0 Å². The van der Waals surface area contributed by atoms with Gasteiger partial charge in [0.1, 0.15) is 0 Å². The van der Waals surface area contributed by atoms with Gasteiger partial charge in [0.05, 0.1) is 6.61 Å². The van der Waals surface area contributed by atoms with Crippen molar-refractivity contribution in [3.63, 3.8) is 0 Å². The summed E-state index contributed by atoms with van der Waals surface area (Å²) >= 11 is 0. The zero-order chi connectivity index (χ0) is 25.5. The van der Waals surface area contributed by atoms with Crippen LogP contribution in [0.1, 0.15) is 122 Å². The molecule has 0 spiro atoms. The Morgan fingerprint density at radius 2 is 1.18 bits per heavy atom. The van der Waals surface area contributed by atoms with Crippen LogP contribution in [0.2, 0.25) is 0 Å². The molecule has 2 aliphatic heterocycles. The van der Waals surface area contributed by atoms with Crippen LogP contribution < -0.4 is 0 Å². The van der Waals surface area contributed by atoms with Crippen LogP contribution in [0.4, 0.5) is 0 Å². The number of hydrogen-bond acceptors (Lipinski definition) is 3. The van der Waals surface area contributed by atoms with E-state index in [-0.39, 0.29) is 0 Å². The van der Waals surface area contributed by atoms with Crippen LogP contribution in [-0.4, -0.2) is 49.5 Å². The molecule has 38 heavy (non-hydrogen) atoms. The van der Waals surface area contributed by atoms with E-state index in [0.29, 0.717) is 0 Å². The Kier molecular flexibility index (Phi) is 8.46. The van der Waals surface area contributed by atoms with E-state index in [0.717, 1.165) is 97.8 Å². The first-order valence-electron chi connectivity index (χ1n) is 17.7. The van der Waals surface area contributed by atoms with Gasteiger partial charge in [-0.15, -0.1) is 0 Å². The van der Waals surface area contributed by atoms with Gasteiger partial charge < -0.3 is 9.47 Å². The Balaban J connectivity index is 1.23. The maximum Gasteiger partial charge on any atom is 0.0512 e. The van der Waals surface area contributed by atoms with Crippen LogP contribution in [-0.2, 0) is 9.47 Å². The molecule has 0 bridgehead atoms. The van der Waals surface area contributed by atoms with Crippen molar-refractivity contribution in [2.24, 2.45) is 53.3 Å². The van der Waals surface area contributed by atoms with E-state index in [1.54, 1.807) is 0 Å². The summed E-state index contributed by atoms with van der Waals surface area (Å²) in [4.78, 5) is 3.36. The number of fused-ring (bicyclic) bond motifs is 5. The Hall–Kier alpha value is -0.120. The fourth-order valence-electron chi connectivity index (χ4n) is 12.2. The molecule has 0 N–H and O–H groups in total. The predicted octanol–water partition coefficient (Wildman–Crippen LogP) is 8.11. The molecule has 0 aromatic rings. The van der Waals surface area contributed by atoms with E-state index < -0.39 is 0 Å². The summed E-state index contributed by atoms with van der Waals surface area (Å²) in [7, 11) is 0. The average molecular weight is 526 g/mol. The summed E-state index contributed by atoms with van der Waals surface area (Å²) in [6, 6.07) is 2.49. The first-order valence-corrected chi connectivity index (χ1v) is 17.7. The molecule has 0 radical (unpaired) electrons. The van der Waals surface area contributed by atoms with Crippen molar-refractivity contribution in [2.45, 2.75) is 141 Å². The van der Waals surface area contributed by atoms with E-state index in [2.05, 4.69) is 11.8 Å². The fraction of sp³-hybridized carbons (Fsp3) is 1.00. The Morgan fingerprint density at radius 1 is 0.474 bits per heavy atom.